The Morgan fingerprint density at radius 3 is 2.04 bits per heavy atom. The third-order valence-corrected chi connectivity index (χ3v) is 3.79. The molecule has 1 atom stereocenters. The van der Waals surface area contributed by atoms with Crippen LogP contribution in [0.5, 0.6) is 0 Å². The lowest BCUT2D eigenvalue weighted by atomic mass is 10.1. The Labute approximate surface area is 160 Å². The number of nitrogens with zero attached hydrogens (tertiary/aromatic N) is 1. The minimum Gasteiger partial charge on any atom is -0.550 e. The molecule has 5 nitrogen and oxygen atoms in total. The summed E-state index contributed by atoms with van der Waals surface area (Å²) in [5, 5.41) is 13.7. The zero-order chi connectivity index (χ0) is 19.9. The first-order valence-corrected chi connectivity index (χ1v) is 8.71. The third-order valence-electron chi connectivity index (χ3n) is 3.79. The van der Waals surface area contributed by atoms with Crippen LogP contribution in [0.2, 0.25) is 0 Å². The van der Waals surface area contributed by atoms with Crippen LogP contribution in [0, 0.1) is 11.8 Å². The van der Waals surface area contributed by atoms with Crippen molar-refractivity contribution in [1.29, 1.82) is 0 Å². The molecule has 0 saturated heterocycles. The molecule has 0 heterocycles. The lowest BCUT2D eigenvalue weighted by Gasteiger charge is -2.30. The van der Waals surface area contributed by atoms with Crippen molar-refractivity contribution in [2.75, 3.05) is 27.7 Å². The zero-order valence-corrected chi connectivity index (χ0v) is 15.9. The summed E-state index contributed by atoms with van der Waals surface area (Å²) in [6, 6.07) is 16.1. The van der Waals surface area contributed by atoms with E-state index in [1.54, 1.807) is 24.3 Å². The second-order valence-corrected chi connectivity index (χ2v) is 7.41. The number of carbonyl (C=O) groups is 2. The lowest BCUT2D eigenvalue weighted by molar-refractivity contribution is -0.871. The molecule has 0 aromatic heterocycles. The maximum atomic E-state index is 12.4. The van der Waals surface area contributed by atoms with E-state index >= 15 is 0 Å². The molecule has 0 saturated carbocycles. The van der Waals surface area contributed by atoms with Gasteiger partial charge in [0.2, 0.25) is 0 Å². The van der Waals surface area contributed by atoms with Crippen molar-refractivity contribution in [2.45, 2.75) is 12.5 Å². The standard InChI is InChI=1S/C22H24N2O3/c1-24(2,3)16-20(15-21(25)26)23-22(27)19-13-11-18(12-14-19)10-9-17-7-5-4-6-8-17/h4-8,11-14,20H,15-16H2,1-3H3,(H-,23,25,26,27). The summed E-state index contributed by atoms with van der Waals surface area (Å²) < 4.78 is 0.534. The highest BCUT2D eigenvalue weighted by atomic mass is 16.4. The van der Waals surface area contributed by atoms with Gasteiger partial charge in [-0.15, -0.1) is 0 Å². The van der Waals surface area contributed by atoms with E-state index in [4.69, 9.17) is 0 Å². The van der Waals surface area contributed by atoms with Crippen molar-refractivity contribution in [3.8, 4) is 11.8 Å². The average Bonchev–Trinajstić information content (AvgIpc) is 2.59. The molecule has 1 amide bonds. The van der Waals surface area contributed by atoms with E-state index in [9.17, 15) is 14.7 Å². The minimum absolute atomic E-state index is 0.220. The van der Waals surface area contributed by atoms with E-state index in [0.29, 0.717) is 16.6 Å². The highest BCUT2D eigenvalue weighted by molar-refractivity contribution is 5.94. The van der Waals surface area contributed by atoms with Crippen LogP contribution in [0.25, 0.3) is 0 Å². The molecule has 0 radical (unpaired) electrons. The monoisotopic (exact) mass is 364 g/mol. The van der Waals surface area contributed by atoms with Crippen molar-refractivity contribution in [3.05, 3.63) is 71.3 Å². The Hall–Kier alpha value is -3.10. The average molecular weight is 364 g/mol. The van der Waals surface area contributed by atoms with Crippen molar-refractivity contribution in [3.63, 3.8) is 0 Å². The fraction of sp³-hybridized carbons (Fsp3) is 0.273. The molecule has 1 unspecified atom stereocenters. The molecule has 0 aliphatic carbocycles. The highest BCUT2D eigenvalue weighted by Crippen LogP contribution is 2.06. The van der Waals surface area contributed by atoms with Crippen LogP contribution in [0.1, 0.15) is 27.9 Å². The molecule has 2 rings (SSSR count). The number of carboxylic acid groups (broad SMARTS) is 1. The van der Waals surface area contributed by atoms with Gasteiger partial charge in [-0.05, 0) is 36.4 Å². The Kier molecular flexibility index (Phi) is 6.75. The smallest absolute Gasteiger partial charge is 0.251 e. The van der Waals surface area contributed by atoms with Gasteiger partial charge in [-0.3, -0.25) is 4.79 Å². The maximum absolute atomic E-state index is 12.4. The van der Waals surface area contributed by atoms with Gasteiger partial charge >= 0.3 is 0 Å². The largest absolute Gasteiger partial charge is 0.550 e. The summed E-state index contributed by atoms with van der Waals surface area (Å²) in [6.07, 6.45) is -0.220. The third kappa shape index (κ3) is 7.35. The Morgan fingerprint density at radius 1 is 0.963 bits per heavy atom. The molecule has 5 heteroatoms. The quantitative estimate of drug-likeness (QED) is 0.615. The van der Waals surface area contributed by atoms with Crippen molar-refractivity contribution >= 4 is 11.9 Å². The zero-order valence-electron chi connectivity index (χ0n) is 15.9. The molecule has 140 valence electrons. The first-order valence-electron chi connectivity index (χ1n) is 8.71. The highest BCUT2D eigenvalue weighted by Gasteiger charge is 2.21. The molecule has 27 heavy (non-hydrogen) atoms. The van der Waals surface area contributed by atoms with Gasteiger partial charge in [0.25, 0.3) is 5.91 Å². The molecular formula is C22H24N2O3. The van der Waals surface area contributed by atoms with Gasteiger partial charge in [-0.1, -0.05) is 30.0 Å². The fourth-order valence-electron chi connectivity index (χ4n) is 2.66. The molecule has 0 aliphatic rings. The molecule has 2 aromatic carbocycles. The molecule has 0 bridgehead atoms. The van der Waals surface area contributed by atoms with Gasteiger partial charge in [0.15, 0.2) is 0 Å². The normalized spacial score (nSPS) is 11.8. The number of amides is 1. The lowest BCUT2D eigenvalue weighted by Crippen LogP contribution is -2.50. The van der Waals surface area contributed by atoms with Gasteiger partial charge < -0.3 is 19.7 Å². The molecule has 0 spiro atoms. The minimum atomic E-state index is -1.18. The van der Waals surface area contributed by atoms with Crippen LogP contribution in [-0.2, 0) is 4.79 Å². The Morgan fingerprint density at radius 2 is 1.52 bits per heavy atom. The summed E-state index contributed by atoms with van der Waals surface area (Å²) in [4.78, 5) is 23.4. The Bertz CT molecular complexity index is 841. The van der Waals surface area contributed by atoms with Gasteiger partial charge in [-0.2, -0.15) is 0 Å². The van der Waals surface area contributed by atoms with Crippen LogP contribution in [-0.4, -0.2) is 50.1 Å². The van der Waals surface area contributed by atoms with E-state index in [0.717, 1.165) is 11.1 Å². The first kappa shape index (κ1) is 20.2. The van der Waals surface area contributed by atoms with Gasteiger partial charge in [-0.25, -0.2) is 0 Å². The van der Waals surface area contributed by atoms with Gasteiger partial charge in [0.05, 0.1) is 33.7 Å². The van der Waals surface area contributed by atoms with E-state index in [1.807, 2.05) is 51.5 Å². The number of carboxylic acids is 1. The summed E-state index contributed by atoms with van der Waals surface area (Å²) in [6.45, 7) is 0.486. The number of benzene rings is 2. The van der Waals surface area contributed by atoms with E-state index in [2.05, 4.69) is 17.2 Å². The number of carbonyl (C=O) groups excluding carboxylic acids is 2. The van der Waals surface area contributed by atoms with Crippen LogP contribution in [0.4, 0.5) is 0 Å². The van der Waals surface area contributed by atoms with Crippen molar-refractivity contribution < 1.29 is 19.2 Å². The van der Waals surface area contributed by atoms with Crippen molar-refractivity contribution in [1.82, 2.24) is 5.32 Å². The molecule has 2 aromatic rings. The van der Waals surface area contributed by atoms with E-state index in [-0.39, 0.29) is 12.3 Å². The number of rotatable bonds is 6. The van der Waals surface area contributed by atoms with E-state index in [1.165, 1.54) is 0 Å². The predicted molar refractivity (Wildman–Crippen MR) is 103 cm³/mol. The molecule has 0 aliphatic heterocycles. The summed E-state index contributed by atoms with van der Waals surface area (Å²) in [5.41, 5.74) is 2.18. The fourth-order valence-corrected chi connectivity index (χ4v) is 2.66. The first-order chi connectivity index (χ1) is 12.7. The maximum Gasteiger partial charge on any atom is 0.251 e. The number of likely N-dealkylation sites (N-methyl/N-ethyl adjacent to an activating group) is 1. The summed E-state index contributed by atoms with van der Waals surface area (Å²) in [7, 11) is 5.82. The predicted octanol–water partition coefficient (Wildman–Crippen LogP) is 1.03. The van der Waals surface area contributed by atoms with Gasteiger partial charge in [0.1, 0.15) is 0 Å². The number of quaternary nitrogens is 1. The molecule has 0 fully saturated rings. The summed E-state index contributed by atoms with van der Waals surface area (Å²) in [5.74, 6) is 4.63. The number of hydrogen-bond acceptors (Lipinski definition) is 3. The number of aliphatic carboxylic acids is 1. The van der Waals surface area contributed by atoms with Crippen LogP contribution in [0.15, 0.2) is 54.6 Å². The summed E-state index contributed by atoms with van der Waals surface area (Å²) >= 11 is 0. The van der Waals surface area contributed by atoms with Crippen LogP contribution in [0.3, 0.4) is 0 Å². The molecular weight excluding hydrogens is 340 g/mol. The van der Waals surface area contributed by atoms with Crippen LogP contribution < -0.4 is 10.4 Å². The van der Waals surface area contributed by atoms with Crippen molar-refractivity contribution in [2.24, 2.45) is 0 Å². The Balaban J connectivity index is 2.05. The van der Waals surface area contributed by atoms with Gasteiger partial charge in [0, 0.05) is 29.1 Å². The van der Waals surface area contributed by atoms with E-state index < -0.39 is 12.0 Å². The SMILES string of the molecule is C[N+](C)(C)CC(CC(=O)[O-])NC(=O)c1ccc(C#Cc2ccccc2)cc1. The molecule has 1 N–H and O–H groups in total. The second-order valence-electron chi connectivity index (χ2n) is 7.41. The van der Waals surface area contributed by atoms with Crippen LogP contribution >= 0.6 is 0 Å². The second kappa shape index (κ2) is 9.02. The topological polar surface area (TPSA) is 69.2 Å². The number of nitrogens with one attached hydrogen (secondary N) is 1. The number of hydrogen-bond donors (Lipinski definition) is 1.